The van der Waals surface area contributed by atoms with Gasteiger partial charge in [0.05, 0.1) is 12.7 Å². The molecule has 6 heteroatoms. The van der Waals surface area contributed by atoms with Gasteiger partial charge in [-0.15, -0.1) is 0 Å². The summed E-state index contributed by atoms with van der Waals surface area (Å²) in [6, 6.07) is 10.7. The smallest absolute Gasteiger partial charge is 0.371 e. The van der Waals surface area contributed by atoms with Crippen LogP contribution >= 0.6 is 0 Å². The van der Waals surface area contributed by atoms with Crippen LogP contribution in [0.5, 0.6) is 0 Å². The van der Waals surface area contributed by atoms with Gasteiger partial charge in [-0.3, -0.25) is 4.98 Å². The number of nitrogens with one attached hydrogen (secondary N) is 1. The van der Waals surface area contributed by atoms with Crippen molar-refractivity contribution in [1.29, 1.82) is 0 Å². The zero-order valence-corrected chi connectivity index (χ0v) is 13.1. The minimum Gasteiger partial charge on any atom is -0.371 e. The zero-order chi connectivity index (χ0) is 17.0. The summed E-state index contributed by atoms with van der Waals surface area (Å²) >= 11 is 0. The molecule has 0 saturated carbocycles. The monoisotopic (exact) mass is 336 g/mol. The first-order chi connectivity index (χ1) is 11.5. The molecule has 1 atom stereocenters. The maximum Gasteiger partial charge on any atom is 0.433 e. The van der Waals surface area contributed by atoms with Gasteiger partial charge in [-0.25, -0.2) is 0 Å². The summed E-state index contributed by atoms with van der Waals surface area (Å²) in [5.41, 5.74) is 2.23. The van der Waals surface area contributed by atoms with E-state index in [0.717, 1.165) is 42.3 Å². The Labute approximate surface area is 138 Å². The van der Waals surface area contributed by atoms with Gasteiger partial charge in [0, 0.05) is 19.3 Å². The van der Waals surface area contributed by atoms with Gasteiger partial charge >= 0.3 is 6.18 Å². The number of hydrogen-bond donors (Lipinski definition) is 1. The van der Waals surface area contributed by atoms with Gasteiger partial charge in [-0.05, 0) is 35.6 Å². The molecule has 0 unspecified atom stereocenters. The number of aryl methyl sites for hydroxylation is 2. The number of benzene rings is 1. The fourth-order valence-corrected chi connectivity index (χ4v) is 2.71. The van der Waals surface area contributed by atoms with Crippen molar-refractivity contribution in [3.05, 3.63) is 65.0 Å². The van der Waals surface area contributed by atoms with Crippen molar-refractivity contribution in [1.82, 2.24) is 10.3 Å². The van der Waals surface area contributed by atoms with Crippen molar-refractivity contribution >= 4 is 0 Å². The maximum absolute atomic E-state index is 12.5. The Hall–Kier alpha value is -1.92. The second-order valence-corrected chi connectivity index (χ2v) is 5.85. The van der Waals surface area contributed by atoms with E-state index in [1.54, 1.807) is 0 Å². The van der Waals surface area contributed by atoms with E-state index in [-0.39, 0.29) is 6.10 Å². The van der Waals surface area contributed by atoms with E-state index in [2.05, 4.69) is 22.4 Å². The molecule has 0 bridgehead atoms. The SMILES string of the molecule is FC(F)(F)c1ccc(CCc2ccc([C@H]3CNCCO3)cc2)cn1. The lowest BCUT2D eigenvalue weighted by Crippen LogP contribution is -2.33. The summed E-state index contributed by atoms with van der Waals surface area (Å²) in [6.07, 6.45) is -1.57. The van der Waals surface area contributed by atoms with Gasteiger partial charge in [0.1, 0.15) is 5.69 Å². The van der Waals surface area contributed by atoms with Gasteiger partial charge in [0.2, 0.25) is 0 Å². The minimum atomic E-state index is -4.38. The van der Waals surface area contributed by atoms with Crippen LogP contribution in [0.1, 0.15) is 28.5 Å². The Balaban J connectivity index is 1.56. The number of aromatic nitrogens is 1. The molecule has 0 spiro atoms. The first-order valence-electron chi connectivity index (χ1n) is 7.95. The summed E-state index contributed by atoms with van der Waals surface area (Å²) < 4.78 is 43.2. The predicted octanol–water partition coefficient (Wildman–Crippen LogP) is 3.55. The van der Waals surface area contributed by atoms with Crippen LogP contribution in [-0.4, -0.2) is 24.7 Å². The lowest BCUT2D eigenvalue weighted by molar-refractivity contribution is -0.141. The van der Waals surface area contributed by atoms with Crippen LogP contribution in [0, 0.1) is 0 Å². The van der Waals surface area contributed by atoms with E-state index in [1.807, 2.05) is 12.1 Å². The third-order valence-electron chi connectivity index (χ3n) is 4.10. The molecule has 3 nitrogen and oxygen atoms in total. The fourth-order valence-electron chi connectivity index (χ4n) is 2.71. The topological polar surface area (TPSA) is 34.1 Å². The van der Waals surface area contributed by atoms with Gasteiger partial charge in [0.25, 0.3) is 0 Å². The van der Waals surface area contributed by atoms with E-state index >= 15 is 0 Å². The molecule has 1 saturated heterocycles. The largest absolute Gasteiger partial charge is 0.433 e. The number of hydrogen-bond acceptors (Lipinski definition) is 3. The van der Waals surface area contributed by atoms with Crippen LogP contribution in [0.4, 0.5) is 13.2 Å². The van der Waals surface area contributed by atoms with E-state index in [4.69, 9.17) is 4.74 Å². The van der Waals surface area contributed by atoms with Crippen molar-refractivity contribution in [2.45, 2.75) is 25.1 Å². The Morgan fingerprint density at radius 3 is 2.33 bits per heavy atom. The molecule has 1 aromatic carbocycles. The third kappa shape index (κ3) is 4.33. The normalized spacial score (nSPS) is 18.5. The summed E-state index contributed by atoms with van der Waals surface area (Å²) in [5.74, 6) is 0. The predicted molar refractivity (Wildman–Crippen MR) is 84.7 cm³/mol. The minimum absolute atomic E-state index is 0.0897. The summed E-state index contributed by atoms with van der Waals surface area (Å²) in [6.45, 7) is 2.42. The molecule has 1 aliphatic heterocycles. The van der Waals surface area contributed by atoms with Crippen LogP contribution in [0.25, 0.3) is 0 Å². The van der Waals surface area contributed by atoms with Gasteiger partial charge in [-0.1, -0.05) is 30.3 Å². The molecule has 0 aliphatic carbocycles. The number of ether oxygens (including phenoxy) is 1. The quantitative estimate of drug-likeness (QED) is 0.927. The van der Waals surface area contributed by atoms with Crippen molar-refractivity contribution in [3.8, 4) is 0 Å². The van der Waals surface area contributed by atoms with Gasteiger partial charge in [0.15, 0.2) is 0 Å². The van der Waals surface area contributed by atoms with Crippen LogP contribution in [0.2, 0.25) is 0 Å². The van der Waals surface area contributed by atoms with E-state index in [9.17, 15) is 13.2 Å². The maximum atomic E-state index is 12.5. The summed E-state index contributed by atoms with van der Waals surface area (Å²) in [5, 5.41) is 3.30. The average molecular weight is 336 g/mol. The lowest BCUT2D eigenvalue weighted by atomic mass is 10.0. The zero-order valence-electron chi connectivity index (χ0n) is 13.1. The van der Waals surface area contributed by atoms with E-state index < -0.39 is 11.9 Å². The highest BCUT2D eigenvalue weighted by molar-refractivity contribution is 5.26. The number of rotatable bonds is 4. The number of pyridine rings is 1. The Bertz CT molecular complexity index is 647. The molecule has 128 valence electrons. The Morgan fingerprint density at radius 1 is 1.04 bits per heavy atom. The average Bonchev–Trinajstić information content (AvgIpc) is 2.61. The highest BCUT2D eigenvalue weighted by Gasteiger charge is 2.31. The number of nitrogens with zero attached hydrogens (tertiary/aromatic N) is 1. The Kier molecular flexibility index (Phi) is 5.16. The molecule has 1 N–H and O–H groups in total. The third-order valence-corrected chi connectivity index (χ3v) is 4.10. The number of alkyl halides is 3. The van der Waals surface area contributed by atoms with Crippen LogP contribution in [-0.2, 0) is 23.8 Å². The number of halogens is 3. The molecule has 1 aliphatic rings. The van der Waals surface area contributed by atoms with Crippen molar-refractivity contribution in [3.63, 3.8) is 0 Å². The van der Waals surface area contributed by atoms with E-state index in [0.29, 0.717) is 13.0 Å². The molecule has 2 heterocycles. The van der Waals surface area contributed by atoms with Gasteiger partial charge < -0.3 is 10.1 Å². The Morgan fingerprint density at radius 2 is 1.75 bits per heavy atom. The van der Waals surface area contributed by atoms with Crippen molar-refractivity contribution in [2.24, 2.45) is 0 Å². The fraction of sp³-hybridized carbons (Fsp3) is 0.389. The summed E-state index contributed by atoms with van der Waals surface area (Å²) in [4.78, 5) is 3.49. The standard InChI is InChI=1S/C18H19F3N2O/c19-18(20,21)17-8-5-14(11-23-17)2-1-13-3-6-15(7-4-13)16-12-22-9-10-24-16/h3-8,11,16,22H,1-2,9-10,12H2/t16-/m1/s1. The molecule has 1 fully saturated rings. The molecular weight excluding hydrogens is 317 g/mol. The van der Waals surface area contributed by atoms with Crippen LogP contribution < -0.4 is 5.32 Å². The molecular formula is C18H19F3N2O. The first-order valence-corrected chi connectivity index (χ1v) is 7.95. The second kappa shape index (κ2) is 7.32. The molecule has 1 aromatic heterocycles. The molecule has 0 radical (unpaired) electrons. The van der Waals surface area contributed by atoms with Gasteiger partial charge in [-0.2, -0.15) is 13.2 Å². The van der Waals surface area contributed by atoms with Crippen molar-refractivity contribution in [2.75, 3.05) is 19.7 Å². The van der Waals surface area contributed by atoms with Crippen LogP contribution in [0.15, 0.2) is 42.6 Å². The highest BCUT2D eigenvalue weighted by Crippen LogP contribution is 2.27. The lowest BCUT2D eigenvalue weighted by Gasteiger charge is -2.24. The first kappa shape index (κ1) is 16.9. The highest BCUT2D eigenvalue weighted by atomic mass is 19.4. The van der Waals surface area contributed by atoms with E-state index in [1.165, 1.54) is 12.3 Å². The second-order valence-electron chi connectivity index (χ2n) is 5.85. The molecule has 3 rings (SSSR count). The molecule has 2 aromatic rings. The summed E-state index contributed by atoms with van der Waals surface area (Å²) in [7, 11) is 0. The van der Waals surface area contributed by atoms with Crippen molar-refractivity contribution < 1.29 is 17.9 Å². The van der Waals surface area contributed by atoms with Crippen LogP contribution in [0.3, 0.4) is 0 Å². The molecule has 24 heavy (non-hydrogen) atoms. The molecule has 0 amide bonds. The number of morpholine rings is 1.